The molecule has 2 aromatic rings. The molecule has 1 fully saturated rings. The summed E-state index contributed by atoms with van der Waals surface area (Å²) >= 11 is 0. The van der Waals surface area contributed by atoms with Gasteiger partial charge in [0.05, 0.1) is 17.6 Å². The van der Waals surface area contributed by atoms with E-state index in [4.69, 9.17) is 4.74 Å². The van der Waals surface area contributed by atoms with E-state index in [-0.39, 0.29) is 11.3 Å². The van der Waals surface area contributed by atoms with Gasteiger partial charge >= 0.3 is 5.97 Å². The number of ether oxygens (including phenoxy) is 1. The van der Waals surface area contributed by atoms with E-state index >= 15 is 0 Å². The largest absolute Gasteiger partial charge is 0.465 e. The fourth-order valence-electron chi connectivity index (χ4n) is 2.48. The highest BCUT2D eigenvalue weighted by molar-refractivity contribution is 5.96. The fourth-order valence-corrected chi connectivity index (χ4v) is 2.48. The van der Waals surface area contributed by atoms with Crippen LogP contribution >= 0.6 is 0 Å². The first-order chi connectivity index (χ1) is 11.6. The number of esters is 1. The summed E-state index contributed by atoms with van der Waals surface area (Å²) in [6, 6.07) is 4.07. The van der Waals surface area contributed by atoms with Gasteiger partial charge < -0.3 is 14.6 Å². The maximum absolute atomic E-state index is 11.8. The molecule has 1 aliphatic rings. The van der Waals surface area contributed by atoms with E-state index in [1.807, 2.05) is 4.57 Å². The molecule has 1 heterocycles. The van der Waals surface area contributed by atoms with Crippen molar-refractivity contribution in [3.8, 4) is 0 Å². The first kappa shape index (κ1) is 15.9. The maximum Gasteiger partial charge on any atom is 0.340 e. The summed E-state index contributed by atoms with van der Waals surface area (Å²) in [5.41, 5.74) is 0.474. The van der Waals surface area contributed by atoms with Gasteiger partial charge in [-0.2, -0.15) is 0 Å². The zero-order valence-electron chi connectivity index (χ0n) is 13.1. The van der Waals surface area contributed by atoms with Gasteiger partial charge in [0.1, 0.15) is 12.2 Å². The van der Waals surface area contributed by atoms with Crippen molar-refractivity contribution < 1.29 is 14.5 Å². The summed E-state index contributed by atoms with van der Waals surface area (Å²) in [5, 5.41) is 22.1. The summed E-state index contributed by atoms with van der Waals surface area (Å²) in [5.74, 6) is 0.857. The van der Waals surface area contributed by atoms with Crippen LogP contribution in [-0.2, 0) is 11.3 Å². The Morgan fingerprint density at radius 1 is 1.50 bits per heavy atom. The van der Waals surface area contributed by atoms with Gasteiger partial charge in [0.15, 0.2) is 0 Å². The van der Waals surface area contributed by atoms with E-state index in [9.17, 15) is 14.9 Å². The van der Waals surface area contributed by atoms with Crippen LogP contribution in [0.3, 0.4) is 0 Å². The normalized spacial score (nSPS) is 13.5. The molecule has 0 atom stereocenters. The summed E-state index contributed by atoms with van der Waals surface area (Å²) in [4.78, 5) is 22.2. The molecule has 9 heteroatoms. The Bertz CT molecular complexity index is 769. The Morgan fingerprint density at radius 3 is 2.96 bits per heavy atom. The fraction of sp³-hybridized carbons (Fsp3) is 0.400. The van der Waals surface area contributed by atoms with Gasteiger partial charge in [0.2, 0.25) is 0 Å². The minimum atomic E-state index is -0.621. The van der Waals surface area contributed by atoms with Gasteiger partial charge in [-0.05, 0) is 18.9 Å². The minimum absolute atomic E-state index is 0.137. The number of methoxy groups -OCH3 is 1. The highest BCUT2D eigenvalue weighted by Gasteiger charge is 2.28. The van der Waals surface area contributed by atoms with Gasteiger partial charge in [-0.3, -0.25) is 10.1 Å². The number of non-ortho nitro benzene ring substituents is 1. The van der Waals surface area contributed by atoms with Gasteiger partial charge in [0, 0.05) is 36.8 Å². The Labute approximate surface area is 137 Å². The van der Waals surface area contributed by atoms with Crippen molar-refractivity contribution in [1.29, 1.82) is 0 Å². The molecule has 126 valence electrons. The van der Waals surface area contributed by atoms with Gasteiger partial charge in [0.25, 0.3) is 5.69 Å². The molecule has 0 radical (unpaired) electrons. The van der Waals surface area contributed by atoms with Crippen LogP contribution in [0.4, 0.5) is 11.4 Å². The summed E-state index contributed by atoms with van der Waals surface area (Å²) in [6.07, 6.45) is 3.97. The second-order valence-corrected chi connectivity index (χ2v) is 5.56. The van der Waals surface area contributed by atoms with Gasteiger partial charge in [-0.15, -0.1) is 10.2 Å². The number of nitro benzene ring substituents is 1. The minimum Gasteiger partial charge on any atom is -0.465 e. The standard InChI is InChI=1S/C15H17N5O4/c1-24-15(21)12-8-11(20(22)23)4-5-13(12)16-6-7-19-9-17-18-14(19)10-2-3-10/h4-5,8-10,16H,2-3,6-7H2,1H3. The number of anilines is 1. The molecule has 1 aliphatic carbocycles. The van der Waals surface area contributed by atoms with Gasteiger partial charge in [-0.25, -0.2) is 4.79 Å². The molecule has 0 amide bonds. The number of rotatable bonds is 7. The number of nitrogens with one attached hydrogen (secondary N) is 1. The zero-order valence-corrected chi connectivity index (χ0v) is 13.1. The third-order valence-electron chi connectivity index (χ3n) is 3.88. The predicted octanol–water partition coefficient (Wildman–Crippen LogP) is 1.96. The number of nitro groups is 1. The SMILES string of the molecule is COC(=O)c1cc([N+](=O)[O-])ccc1NCCn1cnnc1C1CC1. The van der Waals surface area contributed by atoms with E-state index in [0.29, 0.717) is 24.7 Å². The van der Waals surface area contributed by atoms with Crippen LogP contribution in [0.2, 0.25) is 0 Å². The van der Waals surface area contributed by atoms with Crippen molar-refractivity contribution >= 4 is 17.3 Å². The lowest BCUT2D eigenvalue weighted by atomic mass is 10.1. The van der Waals surface area contributed by atoms with Crippen LogP contribution in [0.15, 0.2) is 24.5 Å². The van der Waals surface area contributed by atoms with E-state index < -0.39 is 10.9 Å². The number of aromatic nitrogens is 3. The summed E-state index contributed by atoms with van der Waals surface area (Å²) in [7, 11) is 1.24. The third kappa shape index (κ3) is 3.34. The number of nitrogens with zero attached hydrogens (tertiary/aromatic N) is 4. The maximum atomic E-state index is 11.8. The van der Waals surface area contributed by atoms with Crippen molar-refractivity contribution in [2.45, 2.75) is 25.3 Å². The van der Waals surface area contributed by atoms with Crippen LogP contribution in [0.25, 0.3) is 0 Å². The average molecular weight is 331 g/mol. The lowest BCUT2D eigenvalue weighted by Gasteiger charge is -2.12. The summed E-state index contributed by atoms with van der Waals surface area (Å²) < 4.78 is 6.68. The molecule has 1 aromatic heterocycles. The molecule has 3 rings (SSSR count). The van der Waals surface area contributed by atoms with Crippen molar-refractivity contribution in [3.05, 3.63) is 46.0 Å². The number of hydrogen-bond acceptors (Lipinski definition) is 7. The van der Waals surface area contributed by atoms with Crippen molar-refractivity contribution in [1.82, 2.24) is 14.8 Å². The van der Waals surface area contributed by atoms with Crippen molar-refractivity contribution in [3.63, 3.8) is 0 Å². The van der Waals surface area contributed by atoms with Crippen molar-refractivity contribution in [2.75, 3.05) is 19.0 Å². The second kappa shape index (κ2) is 6.65. The monoisotopic (exact) mass is 331 g/mol. The van der Waals surface area contributed by atoms with Crippen LogP contribution in [0.5, 0.6) is 0 Å². The number of hydrogen-bond donors (Lipinski definition) is 1. The van der Waals surface area contributed by atoms with E-state index in [1.54, 1.807) is 6.33 Å². The number of carbonyl (C=O) groups excluding carboxylic acids is 1. The summed E-state index contributed by atoms with van der Waals surface area (Å²) in [6.45, 7) is 1.16. The highest BCUT2D eigenvalue weighted by atomic mass is 16.6. The molecule has 9 nitrogen and oxygen atoms in total. The molecular formula is C15H17N5O4. The van der Waals surface area contributed by atoms with Gasteiger partial charge in [-0.1, -0.05) is 0 Å². The molecule has 24 heavy (non-hydrogen) atoms. The Hall–Kier alpha value is -2.97. The first-order valence-corrected chi connectivity index (χ1v) is 7.58. The van der Waals surface area contributed by atoms with E-state index in [2.05, 4.69) is 15.5 Å². The van der Waals surface area contributed by atoms with Crippen LogP contribution in [0, 0.1) is 10.1 Å². The molecule has 0 bridgehead atoms. The molecule has 0 aliphatic heterocycles. The first-order valence-electron chi connectivity index (χ1n) is 7.58. The highest BCUT2D eigenvalue weighted by Crippen LogP contribution is 2.38. The average Bonchev–Trinajstić information content (AvgIpc) is 3.33. The van der Waals surface area contributed by atoms with Crippen molar-refractivity contribution in [2.24, 2.45) is 0 Å². The number of carbonyl (C=O) groups is 1. The predicted molar refractivity (Wildman–Crippen MR) is 84.9 cm³/mol. The van der Waals surface area contributed by atoms with Crippen LogP contribution in [-0.4, -0.2) is 39.3 Å². The molecule has 1 saturated carbocycles. The molecule has 0 spiro atoms. The lowest BCUT2D eigenvalue weighted by molar-refractivity contribution is -0.384. The molecule has 0 saturated heterocycles. The zero-order chi connectivity index (χ0) is 17.1. The lowest BCUT2D eigenvalue weighted by Crippen LogP contribution is -2.15. The quantitative estimate of drug-likeness (QED) is 0.469. The molecular weight excluding hydrogens is 314 g/mol. The number of benzene rings is 1. The molecule has 1 aromatic carbocycles. The topological polar surface area (TPSA) is 112 Å². The smallest absolute Gasteiger partial charge is 0.340 e. The van der Waals surface area contributed by atoms with E-state index in [0.717, 1.165) is 18.7 Å². The Balaban J connectivity index is 1.70. The van der Waals surface area contributed by atoms with Crippen LogP contribution < -0.4 is 5.32 Å². The van der Waals surface area contributed by atoms with Crippen LogP contribution in [0.1, 0.15) is 34.9 Å². The second-order valence-electron chi connectivity index (χ2n) is 5.56. The molecule has 0 unspecified atom stereocenters. The Morgan fingerprint density at radius 2 is 2.29 bits per heavy atom. The Kier molecular flexibility index (Phi) is 4.41. The third-order valence-corrected chi connectivity index (χ3v) is 3.88. The molecule has 1 N–H and O–H groups in total. The van der Waals surface area contributed by atoms with E-state index in [1.165, 1.54) is 25.3 Å².